The van der Waals surface area contributed by atoms with Crippen molar-refractivity contribution in [2.24, 2.45) is 0 Å². The molecule has 0 saturated heterocycles. The number of hydrogen-bond donors (Lipinski definition) is 0. The number of halogens is 4. The number of aryl methyl sites for hydroxylation is 1. The van der Waals surface area contributed by atoms with Crippen molar-refractivity contribution >= 4 is 17.1 Å². The minimum atomic E-state index is -4.65. The molecule has 188 valence electrons. The Labute approximate surface area is 206 Å². The quantitative estimate of drug-likeness (QED) is 0.251. The number of allylic oxidation sites excluding steroid dienone is 2. The van der Waals surface area contributed by atoms with Gasteiger partial charge < -0.3 is 9.47 Å². The highest BCUT2D eigenvalue weighted by Crippen LogP contribution is 2.44. The number of rotatable bonds is 7. The molecule has 0 unspecified atom stereocenters. The summed E-state index contributed by atoms with van der Waals surface area (Å²) in [6.07, 6.45) is -2.79. The molecule has 0 fully saturated rings. The van der Waals surface area contributed by atoms with E-state index >= 15 is 0 Å². The summed E-state index contributed by atoms with van der Waals surface area (Å²) in [7, 11) is 0. The number of carbonyl (C=O) groups excluding carboxylic acids is 1. The standard InChI is InChI=1S/C28H25F4NO3/c1-3-35-27(34)25-15-19(28(30,31)32)14-24(33-25)22-6-4-5-21(22)23-13-17(2)7-12-26(23)36-16-18-8-10-20(29)11-9-18/h7-15H,3-6,16H2,1-2H3. The van der Waals surface area contributed by atoms with Gasteiger partial charge in [-0.3, -0.25) is 0 Å². The molecule has 4 nitrogen and oxygen atoms in total. The first-order valence-electron chi connectivity index (χ1n) is 11.6. The van der Waals surface area contributed by atoms with Crippen LogP contribution in [0, 0.1) is 12.7 Å². The highest BCUT2D eigenvalue weighted by molar-refractivity contribution is 5.95. The molecular formula is C28H25F4NO3. The van der Waals surface area contributed by atoms with E-state index in [4.69, 9.17) is 9.47 Å². The van der Waals surface area contributed by atoms with Gasteiger partial charge in [-0.1, -0.05) is 23.8 Å². The summed E-state index contributed by atoms with van der Waals surface area (Å²) in [6.45, 7) is 3.73. The monoisotopic (exact) mass is 499 g/mol. The fourth-order valence-corrected chi connectivity index (χ4v) is 4.23. The molecule has 0 bridgehead atoms. The molecular weight excluding hydrogens is 474 g/mol. The van der Waals surface area contributed by atoms with Gasteiger partial charge in [0.25, 0.3) is 0 Å². The predicted molar refractivity (Wildman–Crippen MR) is 128 cm³/mol. The summed E-state index contributed by atoms with van der Waals surface area (Å²) in [5.41, 5.74) is 2.75. The van der Waals surface area contributed by atoms with E-state index in [1.807, 2.05) is 25.1 Å². The Bertz CT molecular complexity index is 1300. The fourth-order valence-electron chi connectivity index (χ4n) is 4.23. The molecule has 3 aromatic rings. The summed E-state index contributed by atoms with van der Waals surface area (Å²) >= 11 is 0. The number of esters is 1. The number of nitrogens with zero attached hydrogens (tertiary/aromatic N) is 1. The van der Waals surface area contributed by atoms with Crippen molar-refractivity contribution in [2.75, 3.05) is 6.61 Å². The van der Waals surface area contributed by atoms with Crippen LogP contribution < -0.4 is 4.74 Å². The second kappa shape index (κ2) is 10.5. The minimum absolute atomic E-state index is 0.0259. The molecule has 2 aromatic carbocycles. The maximum atomic E-state index is 13.7. The van der Waals surface area contributed by atoms with Crippen LogP contribution in [0.3, 0.4) is 0 Å². The molecule has 0 spiro atoms. The van der Waals surface area contributed by atoms with Crippen molar-refractivity contribution in [1.82, 2.24) is 4.98 Å². The van der Waals surface area contributed by atoms with Crippen LogP contribution in [0.5, 0.6) is 5.75 Å². The molecule has 1 aliphatic rings. The Balaban J connectivity index is 1.77. The van der Waals surface area contributed by atoms with Gasteiger partial charge in [0.2, 0.25) is 0 Å². The number of ether oxygens (including phenoxy) is 2. The zero-order chi connectivity index (χ0) is 25.9. The molecule has 0 atom stereocenters. The molecule has 1 aromatic heterocycles. The Morgan fingerprint density at radius 1 is 1.00 bits per heavy atom. The zero-order valence-electron chi connectivity index (χ0n) is 19.9. The first kappa shape index (κ1) is 25.4. The smallest absolute Gasteiger partial charge is 0.416 e. The van der Waals surface area contributed by atoms with Crippen LogP contribution in [0.1, 0.15) is 64.6 Å². The molecule has 36 heavy (non-hydrogen) atoms. The van der Waals surface area contributed by atoms with E-state index in [0.29, 0.717) is 24.2 Å². The Hall–Kier alpha value is -3.68. The summed E-state index contributed by atoms with van der Waals surface area (Å²) in [4.78, 5) is 16.5. The summed E-state index contributed by atoms with van der Waals surface area (Å²) in [5.74, 6) is -0.674. The topological polar surface area (TPSA) is 48.4 Å². The van der Waals surface area contributed by atoms with E-state index in [1.165, 1.54) is 12.1 Å². The molecule has 0 amide bonds. The van der Waals surface area contributed by atoms with Crippen LogP contribution in [0.25, 0.3) is 11.1 Å². The van der Waals surface area contributed by atoms with Crippen LogP contribution in [0.4, 0.5) is 17.6 Å². The molecule has 0 saturated carbocycles. The lowest BCUT2D eigenvalue weighted by Gasteiger charge is -2.16. The number of pyridine rings is 1. The first-order chi connectivity index (χ1) is 17.2. The second-order valence-electron chi connectivity index (χ2n) is 8.57. The van der Waals surface area contributed by atoms with Gasteiger partial charge in [0, 0.05) is 5.56 Å². The SMILES string of the molecule is CCOC(=O)c1cc(C(F)(F)F)cc(C2=C(c3cc(C)ccc3OCc3ccc(F)cc3)CCC2)n1. The van der Waals surface area contributed by atoms with Crippen molar-refractivity contribution < 1.29 is 31.8 Å². The fraction of sp³-hybridized carbons (Fsp3) is 0.286. The van der Waals surface area contributed by atoms with Crippen molar-refractivity contribution in [3.8, 4) is 5.75 Å². The number of carbonyl (C=O) groups is 1. The Kier molecular flexibility index (Phi) is 7.43. The van der Waals surface area contributed by atoms with E-state index in [1.54, 1.807) is 19.1 Å². The third kappa shape index (κ3) is 5.75. The van der Waals surface area contributed by atoms with E-state index in [0.717, 1.165) is 40.8 Å². The third-order valence-electron chi connectivity index (χ3n) is 5.93. The van der Waals surface area contributed by atoms with Crippen molar-refractivity contribution in [2.45, 2.75) is 45.9 Å². The largest absolute Gasteiger partial charge is 0.488 e. The molecule has 1 aliphatic carbocycles. The summed E-state index contributed by atoms with van der Waals surface area (Å²) in [5, 5.41) is 0. The van der Waals surface area contributed by atoms with Gasteiger partial charge in [-0.05, 0) is 86.2 Å². The predicted octanol–water partition coefficient (Wildman–Crippen LogP) is 7.40. The van der Waals surface area contributed by atoms with Gasteiger partial charge >= 0.3 is 12.1 Å². The second-order valence-corrected chi connectivity index (χ2v) is 8.57. The van der Waals surface area contributed by atoms with E-state index < -0.39 is 17.7 Å². The zero-order valence-corrected chi connectivity index (χ0v) is 19.9. The van der Waals surface area contributed by atoms with Crippen molar-refractivity contribution in [1.29, 1.82) is 0 Å². The van der Waals surface area contributed by atoms with Gasteiger partial charge in [-0.2, -0.15) is 13.2 Å². The van der Waals surface area contributed by atoms with Crippen LogP contribution >= 0.6 is 0 Å². The molecule has 1 heterocycles. The van der Waals surface area contributed by atoms with Crippen molar-refractivity contribution in [3.05, 3.63) is 94.1 Å². The lowest BCUT2D eigenvalue weighted by molar-refractivity contribution is -0.137. The average Bonchev–Trinajstić information content (AvgIpc) is 3.33. The van der Waals surface area contributed by atoms with Gasteiger partial charge in [-0.15, -0.1) is 0 Å². The first-order valence-corrected chi connectivity index (χ1v) is 11.6. The molecule has 8 heteroatoms. The van der Waals surface area contributed by atoms with E-state index in [9.17, 15) is 22.4 Å². The van der Waals surface area contributed by atoms with Crippen LogP contribution in [0.15, 0.2) is 54.6 Å². The minimum Gasteiger partial charge on any atom is -0.488 e. The van der Waals surface area contributed by atoms with Crippen LogP contribution in [-0.4, -0.2) is 17.6 Å². The van der Waals surface area contributed by atoms with Gasteiger partial charge in [0.1, 0.15) is 23.9 Å². The van der Waals surface area contributed by atoms with Gasteiger partial charge in [0.05, 0.1) is 17.9 Å². The molecule has 0 N–H and O–H groups in total. The highest BCUT2D eigenvalue weighted by Gasteiger charge is 2.33. The molecule has 0 radical (unpaired) electrons. The van der Waals surface area contributed by atoms with Gasteiger partial charge in [-0.25, -0.2) is 14.2 Å². The third-order valence-corrected chi connectivity index (χ3v) is 5.93. The number of hydrogen-bond acceptors (Lipinski definition) is 4. The highest BCUT2D eigenvalue weighted by atomic mass is 19.4. The number of aromatic nitrogens is 1. The van der Waals surface area contributed by atoms with Gasteiger partial charge in [0.15, 0.2) is 0 Å². The van der Waals surface area contributed by atoms with Crippen molar-refractivity contribution in [3.63, 3.8) is 0 Å². The summed E-state index contributed by atoms with van der Waals surface area (Å²) < 4.78 is 65.2. The molecule has 0 aliphatic heterocycles. The Morgan fingerprint density at radius 3 is 2.42 bits per heavy atom. The van der Waals surface area contributed by atoms with E-state index in [2.05, 4.69) is 4.98 Å². The Morgan fingerprint density at radius 2 is 1.72 bits per heavy atom. The van der Waals surface area contributed by atoms with Crippen LogP contribution in [0.2, 0.25) is 0 Å². The average molecular weight is 500 g/mol. The normalized spacial score (nSPS) is 13.7. The lowest BCUT2D eigenvalue weighted by Crippen LogP contribution is -2.13. The van der Waals surface area contributed by atoms with E-state index in [-0.39, 0.29) is 30.4 Å². The summed E-state index contributed by atoms with van der Waals surface area (Å²) in [6, 6.07) is 13.3. The maximum absolute atomic E-state index is 13.7. The van der Waals surface area contributed by atoms with Crippen LogP contribution in [-0.2, 0) is 17.5 Å². The maximum Gasteiger partial charge on any atom is 0.416 e. The number of benzene rings is 2. The lowest BCUT2D eigenvalue weighted by atomic mass is 9.96. The number of alkyl halides is 3. The molecule has 4 rings (SSSR count).